The molecular formula is C15H28N2O2S. The van der Waals surface area contributed by atoms with E-state index in [2.05, 4.69) is 30.8 Å². The first kappa shape index (κ1) is 14.8. The van der Waals surface area contributed by atoms with E-state index < -0.39 is 10.0 Å². The molecule has 2 aliphatic carbocycles. The molecule has 0 radical (unpaired) electrons. The van der Waals surface area contributed by atoms with Crippen LogP contribution in [0.15, 0.2) is 0 Å². The Morgan fingerprint density at radius 1 is 1.20 bits per heavy atom. The predicted molar refractivity (Wildman–Crippen MR) is 81.0 cm³/mol. The van der Waals surface area contributed by atoms with Gasteiger partial charge in [-0.05, 0) is 55.4 Å². The molecule has 3 fully saturated rings. The highest BCUT2D eigenvalue weighted by atomic mass is 32.2. The van der Waals surface area contributed by atoms with Crippen LogP contribution in [0, 0.1) is 16.7 Å². The molecule has 4 nitrogen and oxygen atoms in total. The Morgan fingerprint density at radius 2 is 1.95 bits per heavy atom. The molecule has 2 N–H and O–H groups in total. The van der Waals surface area contributed by atoms with Gasteiger partial charge in [0.25, 0.3) is 0 Å². The van der Waals surface area contributed by atoms with Crippen molar-refractivity contribution in [1.82, 2.24) is 10.0 Å². The highest BCUT2D eigenvalue weighted by molar-refractivity contribution is 7.90. The highest BCUT2D eigenvalue weighted by Gasteiger charge is 2.60. The van der Waals surface area contributed by atoms with Crippen LogP contribution < -0.4 is 10.0 Å². The number of fused-ring (bicyclic) bond motifs is 2. The van der Waals surface area contributed by atoms with E-state index in [-0.39, 0.29) is 22.1 Å². The van der Waals surface area contributed by atoms with Crippen LogP contribution in [0.1, 0.15) is 52.9 Å². The van der Waals surface area contributed by atoms with Crippen LogP contribution in [0.25, 0.3) is 0 Å². The molecule has 3 aliphatic rings. The molecular weight excluding hydrogens is 272 g/mol. The normalized spacial score (nSPS) is 43.9. The largest absolute Gasteiger partial charge is 0.315 e. The lowest BCUT2D eigenvalue weighted by atomic mass is 9.69. The lowest BCUT2D eigenvalue weighted by molar-refractivity contribution is 0.127. The molecule has 4 unspecified atom stereocenters. The van der Waals surface area contributed by atoms with Crippen molar-refractivity contribution in [1.29, 1.82) is 0 Å². The van der Waals surface area contributed by atoms with Crippen LogP contribution in [-0.2, 0) is 10.0 Å². The smallest absolute Gasteiger partial charge is 0.216 e. The summed E-state index contributed by atoms with van der Waals surface area (Å²) in [5.74, 6) is 0.671. The molecule has 5 heteroatoms. The third-order valence-electron chi connectivity index (χ3n) is 6.24. The fourth-order valence-electron chi connectivity index (χ4n) is 4.94. The van der Waals surface area contributed by atoms with E-state index >= 15 is 0 Å². The Labute approximate surface area is 123 Å². The summed E-state index contributed by atoms with van der Waals surface area (Å²) in [5, 5.41) is 2.96. The van der Waals surface area contributed by atoms with Crippen molar-refractivity contribution < 1.29 is 8.42 Å². The van der Waals surface area contributed by atoms with Crippen molar-refractivity contribution in [2.45, 2.75) is 64.2 Å². The van der Waals surface area contributed by atoms with Gasteiger partial charge in [0.2, 0.25) is 10.0 Å². The van der Waals surface area contributed by atoms with Gasteiger partial charge in [-0.25, -0.2) is 13.1 Å². The van der Waals surface area contributed by atoms with Crippen LogP contribution in [0.3, 0.4) is 0 Å². The summed E-state index contributed by atoms with van der Waals surface area (Å²) in [6.07, 6.45) is 5.34. The summed E-state index contributed by atoms with van der Waals surface area (Å²) in [4.78, 5) is 0. The highest BCUT2D eigenvalue weighted by Crippen LogP contribution is 2.62. The van der Waals surface area contributed by atoms with Crippen LogP contribution in [0.2, 0.25) is 0 Å². The van der Waals surface area contributed by atoms with Crippen molar-refractivity contribution in [2.24, 2.45) is 16.7 Å². The summed E-state index contributed by atoms with van der Waals surface area (Å²) < 4.78 is 28.5. The van der Waals surface area contributed by atoms with Gasteiger partial charge in [-0.3, -0.25) is 0 Å². The molecule has 0 aromatic heterocycles. The molecule has 116 valence electrons. The Morgan fingerprint density at radius 3 is 2.50 bits per heavy atom. The standard InChI is InChI=1S/C15H28N2O2S/c1-14(2)11-6-7-15(3,9-11)13(14)17-20(18,19)12-5-4-8-16-10-12/h11-13,16-17H,4-10H2,1-3H3. The van der Waals surface area contributed by atoms with Gasteiger partial charge in [-0.2, -0.15) is 0 Å². The van der Waals surface area contributed by atoms with Crippen LogP contribution in [-0.4, -0.2) is 32.8 Å². The average Bonchev–Trinajstić information content (AvgIpc) is 2.87. The average molecular weight is 300 g/mol. The minimum Gasteiger partial charge on any atom is -0.315 e. The van der Waals surface area contributed by atoms with Gasteiger partial charge in [0.15, 0.2) is 0 Å². The van der Waals surface area contributed by atoms with Crippen molar-refractivity contribution in [3.8, 4) is 0 Å². The molecule has 0 aromatic carbocycles. The van der Waals surface area contributed by atoms with Crippen molar-refractivity contribution in [2.75, 3.05) is 13.1 Å². The first-order valence-electron chi connectivity index (χ1n) is 7.98. The third kappa shape index (κ3) is 2.22. The molecule has 1 saturated heterocycles. The Kier molecular flexibility index (Phi) is 3.46. The number of hydrogen-bond donors (Lipinski definition) is 2. The van der Waals surface area contributed by atoms with Crippen molar-refractivity contribution in [3.63, 3.8) is 0 Å². The molecule has 1 heterocycles. The second kappa shape index (κ2) is 4.68. The lowest BCUT2D eigenvalue weighted by Gasteiger charge is -2.43. The number of piperidine rings is 1. The fraction of sp³-hybridized carbons (Fsp3) is 1.00. The minimum atomic E-state index is -3.21. The van der Waals surface area contributed by atoms with Crippen molar-refractivity contribution in [3.05, 3.63) is 0 Å². The number of hydrogen-bond acceptors (Lipinski definition) is 3. The Bertz CT molecular complexity index is 477. The maximum atomic E-state index is 12.7. The third-order valence-corrected chi connectivity index (χ3v) is 8.09. The maximum Gasteiger partial charge on any atom is 0.216 e. The summed E-state index contributed by atoms with van der Waals surface area (Å²) in [5.41, 5.74) is 0.242. The number of sulfonamides is 1. The van der Waals surface area contributed by atoms with Gasteiger partial charge < -0.3 is 5.32 Å². The molecule has 3 rings (SSSR count). The molecule has 1 aliphatic heterocycles. The quantitative estimate of drug-likeness (QED) is 0.836. The van der Waals surface area contributed by atoms with E-state index in [9.17, 15) is 8.42 Å². The number of nitrogens with one attached hydrogen (secondary N) is 2. The van der Waals surface area contributed by atoms with Gasteiger partial charge in [0, 0.05) is 12.6 Å². The van der Waals surface area contributed by atoms with Gasteiger partial charge in [0.05, 0.1) is 5.25 Å². The second-order valence-electron chi connectivity index (χ2n) is 7.98. The van der Waals surface area contributed by atoms with Gasteiger partial charge in [-0.1, -0.05) is 20.8 Å². The minimum absolute atomic E-state index is 0.0855. The molecule has 20 heavy (non-hydrogen) atoms. The Balaban J connectivity index is 1.80. The predicted octanol–water partition coefficient (Wildman–Crippen LogP) is 1.87. The summed E-state index contributed by atoms with van der Waals surface area (Å²) in [6.45, 7) is 8.31. The SMILES string of the molecule is CC12CCC(C1)C(C)(C)C2NS(=O)(=O)C1CCCNC1. The maximum absolute atomic E-state index is 12.7. The second-order valence-corrected chi connectivity index (χ2v) is 9.97. The molecule has 0 spiro atoms. The van der Waals surface area contributed by atoms with Crippen LogP contribution in [0.5, 0.6) is 0 Å². The molecule has 2 saturated carbocycles. The van der Waals surface area contributed by atoms with E-state index in [1.807, 2.05) is 0 Å². The topological polar surface area (TPSA) is 58.2 Å². The Hall–Kier alpha value is -0.130. The molecule has 4 atom stereocenters. The zero-order chi connectivity index (χ0) is 14.6. The molecule has 2 bridgehead atoms. The summed E-state index contributed by atoms with van der Waals surface area (Å²) >= 11 is 0. The molecule has 0 amide bonds. The lowest BCUT2D eigenvalue weighted by Crippen LogP contribution is -2.55. The van der Waals surface area contributed by atoms with E-state index in [1.54, 1.807) is 0 Å². The van der Waals surface area contributed by atoms with E-state index in [1.165, 1.54) is 12.8 Å². The zero-order valence-corrected chi connectivity index (χ0v) is 13.7. The van der Waals surface area contributed by atoms with Gasteiger partial charge in [0.1, 0.15) is 0 Å². The van der Waals surface area contributed by atoms with Crippen LogP contribution >= 0.6 is 0 Å². The van der Waals surface area contributed by atoms with Gasteiger partial charge >= 0.3 is 0 Å². The number of rotatable bonds is 3. The van der Waals surface area contributed by atoms with Gasteiger partial charge in [-0.15, -0.1) is 0 Å². The summed E-state index contributed by atoms with van der Waals surface area (Å²) in [6, 6.07) is 0.0978. The fourth-order valence-corrected chi connectivity index (χ4v) is 6.86. The van der Waals surface area contributed by atoms with Crippen LogP contribution in [0.4, 0.5) is 0 Å². The molecule has 0 aromatic rings. The monoisotopic (exact) mass is 300 g/mol. The van der Waals surface area contributed by atoms with E-state index in [4.69, 9.17) is 0 Å². The first-order valence-corrected chi connectivity index (χ1v) is 9.52. The van der Waals surface area contributed by atoms with Crippen molar-refractivity contribution >= 4 is 10.0 Å². The van der Waals surface area contributed by atoms with E-state index in [0.717, 1.165) is 25.8 Å². The first-order chi connectivity index (χ1) is 9.26. The van der Waals surface area contributed by atoms with E-state index in [0.29, 0.717) is 12.5 Å². The summed E-state index contributed by atoms with van der Waals surface area (Å²) in [7, 11) is -3.21. The zero-order valence-electron chi connectivity index (χ0n) is 12.9.